The number of halogens is 1. The first-order valence-electron chi connectivity index (χ1n) is 8.23. The number of benzene rings is 1. The lowest BCUT2D eigenvalue weighted by Gasteiger charge is -2.25. The van der Waals surface area contributed by atoms with Gasteiger partial charge in [-0.05, 0) is 36.3 Å². The van der Waals surface area contributed by atoms with Gasteiger partial charge in [0.05, 0.1) is 7.11 Å². The van der Waals surface area contributed by atoms with Gasteiger partial charge in [-0.2, -0.15) is 0 Å². The quantitative estimate of drug-likeness (QED) is 0.411. The Labute approximate surface area is 157 Å². The molecule has 0 amide bonds. The third-order valence-electron chi connectivity index (χ3n) is 4.60. The first-order valence-corrected chi connectivity index (χ1v) is 8.23. The SMILES string of the molecule is CN=C(NCCc1ccccc1OC)NCC1(C)CCCC1.I. The molecule has 0 saturated heterocycles. The van der Waals surface area contributed by atoms with Gasteiger partial charge in [-0.1, -0.05) is 38.0 Å². The van der Waals surface area contributed by atoms with Crippen molar-refractivity contribution in [1.29, 1.82) is 0 Å². The Bertz CT molecular complexity index is 499. The molecule has 23 heavy (non-hydrogen) atoms. The summed E-state index contributed by atoms with van der Waals surface area (Å²) in [7, 11) is 3.55. The number of para-hydroxylation sites is 1. The molecule has 1 aliphatic carbocycles. The van der Waals surface area contributed by atoms with Crippen LogP contribution in [0, 0.1) is 5.41 Å². The molecule has 1 aromatic carbocycles. The first kappa shape index (κ1) is 20.1. The van der Waals surface area contributed by atoms with Gasteiger partial charge < -0.3 is 15.4 Å². The summed E-state index contributed by atoms with van der Waals surface area (Å²) >= 11 is 0. The number of rotatable bonds is 6. The van der Waals surface area contributed by atoms with Crippen LogP contribution in [0.25, 0.3) is 0 Å². The van der Waals surface area contributed by atoms with Crippen LogP contribution in [0.2, 0.25) is 0 Å². The standard InChI is InChI=1S/C18H29N3O.HI/c1-18(11-6-7-12-18)14-21-17(19-2)20-13-10-15-8-4-5-9-16(15)22-3;/h4-5,8-9H,6-7,10-14H2,1-3H3,(H2,19,20,21);1H. The molecular weight excluding hydrogens is 401 g/mol. The van der Waals surface area contributed by atoms with Gasteiger partial charge >= 0.3 is 0 Å². The van der Waals surface area contributed by atoms with Gasteiger partial charge in [0.1, 0.15) is 5.75 Å². The molecular formula is C18H30IN3O. The maximum absolute atomic E-state index is 5.38. The fourth-order valence-electron chi connectivity index (χ4n) is 3.15. The van der Waals surface area contributed by atoms with E-state index in [4.69, 9.17) is 4.74 Å². The summed E-state index contributed by atoms with van der Waals surface area (Å²) in [6.07, 6.45) is 6.27. The highest BCUT2D eigenvalue weighted by atomic mass is 127. The molecule has 2 N–H and O–H groups in total. The third kappa shape index (κ3) is 6.20. The van der Waals surface area contributed by atoms with Crippen molar-refractivity contribution in [2.24, 2.45) is 10.4 Å². The largest absolute Gasteiger partial charge is 0.496 e. The zero-order valence-corrected chi connectivity index (χ0v) is 16.9. The zero-order chi connectivity index (χ0) is 15.8. The highest BCUT2D eigenvalue weighted by Gasteiger charge is 2.28. The van der Waals surface area contributed by atoms with E-state index >= 15 is 0 Å². The van der Waals surface area contributed by atoms with Gasteiger partial charge in [-0.15, -0.1) is 24.0 Å². The summed E-state index contributed by atoms with van der Waals surface area (Å²) in [5.41, 5.74) is 1.65. The number of methoxy groups -OCH3 is 1. The molecule has 1 fully saturated rings. The number of hydrogen-bond donors (Lipinski definition) is 2. The molecule has 0 aliphatic heterocycles. The molecule has 5 heteroatoms. The third-order valence-corrected chi connectivity index (χ3v) is 4.60. The smallest absolute Gasteiger partial charge is 0.191 e. The molecule has 0 aromatic heterocycles. The maximum Gasteiger partial charge on any atom is 0.191 e. The van der Waals surface area contributed by atoms with E-state index < -0.39 is 0 Å². The summed E-state index contributed by atoms with van der Waals surface area (Å²) in [5.74, 6) is 1.84. The van der Waals surface area contributed by atoms with E-state index in [0.29, 0.717) is 5.41 Å². The zero-order valence-electron chi connectivity index (χ0n) is 14.5. The van der Waals surface area contributed by atoms with Crippen LogP contribution in [0.4, 0.5) is 0 Å². The second-order valence-corrected chi connectivity index (χ2v) is 6.43. The summed E-state index contributed by atoms with van der Waals surface area (Å²) in [6, 6.07) is 8.16. The average Bonchev–Trinajstić information content (AvgIpc) is 2.98. The summed E-state index contributed by atoms with van der Waals surface area (Å²) in [4.78, 5) is 4.32. The van der Waals surface area contributed by atoms with E-state index in [2.05, 4.69) is 28.6 Å². The molecule has 0 atom stereocenters. The highest BCUT2D eigenvalue weighted by molar-refractivity contribution is 14.0. The molecule has 4 nitrogen and oxygen atoms in total. The number of aliphatic imine (C=N–C) groups is 1. The normalized spacial score (nSPS) is 16.6. The molecule has 0 unspecified atom stereocenters. The summed E-state index contributed by atoms with van der Waals surface area (Å²) < 4.78 is 5.38. The van der Waals surface area contributed by atoms with Crippen molar-refractivity contribution in [2.75, 3.05) is 27.2 Å². The molecule has 0 heterocycles. The Kier molecular flexibility index (Phi) is 8.73. The minimum atomic E-state index is 0. The van der Waals surface area contributed by atoms with E-state index in [1.807, 2.05) is 25.2 Å². The van der Waals surface area contributed by atoms with Crippen LogP contribution < -0.4 is 15.4 Å². The van der Waals surface area contributed by atoms with Crippen molar-refractivity contribution in [1.82, 2.24) is 10.6 Å². The van der Waals surface area contributed by atoms with Crippen LogP contribution in [-0.4, -0.2) is 33.2 Å². The van der Waals surface area contributed by atoms with Crippen LogP contribution in [-0.2, 0) is 6.42 Å². The van der Waals surface area contributed by atoms with Gasteiger partial charge in [0.2, 0.25) is 0 Å². The van der Waals surface area contributed by atoms with Crippen molar-refractivity contribution in [2.45, 2.75) is 39.0 Å². The Hall–Kier alpha value is -0.980. The predicted octanol–water partition coefficient (Wildman–Crippen LogP) is 3.60. The number of ether oxygens (including phenoxy) is 1. The molecule has 1 saturated carbocycles. The topological polar surface area (TPSA) is 45.7 Å². The number of nitrogens with one attached hydrogen (secondary N) is 2. The van der Waals surface area contributed by atoms with Crippen LogP contribution in [0.3, 0.4) is 0 Å². The fourth-order valence-corrected chi connectivity index (χ4v) is 3.15. The van der Waals surface area contributed by atoms with Gasteiger partial charge in [-0.25, -0.2) is 0 Å². The van der Waals surface area contributed by atoms with Crippen LogP contribution >= 0.6 is 24.0 Å². The van der Waals surface area contributed by atoms with E-state index in [1.165, 1.54) is 31.2 Å². The Morgan fingerprint density at radius 2 is 1.91 bits per heavy atom. The van der Waals surface area contributed by atoms with Crippen LogP contribution in [0.1, 0.15) is 38.2 Å². The van der Waals surface area contributed by atoms with E-state index in [1.54, 1.807) is 7.11 Å². The van der Waals surface area contributed by atoms with Gasteiger partial charge in [0.25, 0.3) is 0 Å². The van der Waals surface area contributed by atoms with Gasteiger partial charge in [-0.3, -0.25) is 4.99 Å². The van der Waals surface area contributed by atoms with Crippen LogP contribution in [0.5, 0.6) is 5.75 Å². The molecule has 0 radical (unpaired) electrons. The van der Waals surface area contributed by atoms with Crippen molar-refractivity contribution in [3.8, 4) is 5.75 Å². The Morgan fingerprint density at radius 3 is 2.57 bits per heavy atom. The molecule has 0 spiro atoms. The molecule has 1 aliphatic rings. The predicted molar refractivity (Wildman–Crippen MR) is 108 cm³/mol. The highest BCUT2D eigenvalue weighted by Crippen LogP contribution is 2.36. The van der Waals surface area contributed by atoms with Crippen molar-refractivity contribution >= 4 is 29.9 Å². The van der Waals surface area contributed by atoms with Crippen LogP contribution in [0.15, 0.2) is 29.3 Å². The van der Waals surface area contributed by atoms with Crippen molar-refractivity contribution in [3.63, 3.8) is 0 Å². The number of nitrogens with zero attached hydrogens (tertiary/aromatic N) is 1. The summed E-state index contributed by atoms with van der Waals surface area (Å²) in [6.45, 7) is 4.22. The second-order valence-electron chi connectivity index (χ2n) is 6.43. The monoisotopic (exact) mass is 431 g/mol. The Balaban J connectivity index is 0.00000264. The van der Waals surface area contributed by atoms with E-state index in [0.717, 1.165) is 31.2 Å². The first-order chi connectivity index (χ1) is 10.7. The molecule has 2 rings (SSSR count). The lowest BCUT2D eigenvalue weighted by molar-refractivity contribution is 0.334. The van der Waals surface area contributed by atoms with Gasteiger partial charge in [0, 0.05) is 20.1 Å². The second kappa shape index (κ2) is 10.0. The summed E-state index contributed by atoms with van der Waals surface area (Å²) in [5, 5.41) is 6.87. The molecule has 130 valence electrons. The molecule has 1 aromatic rings. The minimum Gasteiger partial charge on any atom is -0.496 e. The lowest BCUT2D eigenvalue weighted by atomic mass is 9.89. The number of guanidine groups is 1. The average molecular weight is 431 g/mol. The van der Waals surface area contributed by atoms with E-state index in [-0.39, 0.29) is 24.0 Å². The fraction of sp³-hybridized carbons (Fsp3) is 0.611. The van der Waals surface area contributed by atoms with Crippen molar-refractivity contribution < 1.29 is 4.74 Å². The minimum absolute atomic E-state index is 0. The van der Waals surface area contributed by atoms with Gasteiger partial charge in [0.15, 0.2) is 5.96 Å². The maximum atomic E-state index is 5.38. The van der Waals surface area contributed by atoms with Crippen molar-refractivity contribution in [3.05, 3.63) is 29.8 Å². The van der Waals surface area contributed by atoms with E-state index in [9.17, 15) is 0 Å². The lowest BCUT2D eigenvalue weighted by Crippen LogP contribution is -2.42. The Morgan fingerprint density at radius 1 is 1.22 bits per heavy atom. The number of hydrogen-bond acceptors (Lipinski definition) is 2. The molecule has 0 bridgehead atoms.